The Labute approximate surface area is 125 Å². The number of aromatic nitrogens is 1. The van der Waals surface area contributed by atoms with E-state index in [4.69, 9.17) is 0 Å². The van der Waals surface area contributed by atoms with Crippen molar-refractivity contribution in [3.63, 3.8) is 0 Å². The third-order valence-corrected chi connectivity index (χ3v) is 3.27. The Morgan fingerprint density at radius 2 is 1.81 bits per heavy atom. The van der Waals surface area contributed by atoms with Gasteiger partial charge in [-0.3, -0.25) is 4.79 Å². The maximum absolute atomic E-state index is 12.5. The SMILES string of the molecule is CNc1ncccc1C(=O)Nc1ccccc1C(C)(C)C. The molecule has 0 bridgehead atoms. The van der Waals surface area contributed by atoms with Gasteiger partial charge in [0.1, 0.15) is 5.82 Å². The number of hydrogen-bond donors (Lipinski definition) is 2. The number of nitrogens with zero attached hydrogens (tertiary/aromatic N) is 1. The van der Waals surface area contributed by atoms with E-state index in [-0.39, 0.29) is 11.3 Å². The minimum atomic E-state index is -0.163. The van der Waals surface area contributed by atoms with Gasteiger partial charge in [0, 0.05) is 18.9 Å². The van der Waals surface area contributed by atoms with E-state index in [1.54, 1.807) is 25.4 Å². The van der Waals surface area contributed by atoms with Crippen molar-refractivity contribution in [3.05, 3.63) is 53.7 Å². The highest BCUT2D eigenvalue weighted by Gasteiger charge is 2.19. The molecule has 0 spiro atoms. The number of carbonyl (C=O) groups excluding carboxylic acids is 1. The Kier molecular flexibility index (Phi) is 4.26. The van der Waals surface area contributed by atoms with Crippen LogP contribution in [0, 0.1) is 0 Å². The molecule has 110 valence electrons. The number of benzene rings is 1. The van der Waals surface area contributed by atoms with Crippen LogP contribution in [0.15, 0.2) is 42.6 Å². The lowest BCUT2D eigenvalue weighted by molar-refractivity contribution is 0.102. The second-order valence-electron chi connectivity index (χ2n) is 5.90. The molecule has 0 saturated carbocycles. The molecular formula is C17H21N3O. The molecule has 2 rings (SSSR count). The molecule has 1 aromatic heterocycles. The van der Waals surface area contributed by atoms with Gasteiger partial charge in [-0.2, -0.15) is 0 Å². The van der Waals surface area contributed by atoms with E-state index in [2.05, 4.69) is 36.4 Å². The Morgan fingerprint density at radius 1 is 1.10 bits per heavy atom. The number of carbonyl (C=O) groups is 1. The van der Waals surface area contributed by atoms with Crippen LogP contribution in [0.1, 0.15) is 36.7 Å². The van der Waals surface area contributed by atoms with Crippen LogP contribution in [0.5, 0.6) is 0 Å². The summed E-state index contributed by atoms with van der Waals surface area (Å²) in [4.78, 5) is 16.6. The van der Waals surface area contributed by atoms with Crippen molar-refractivity contribution in [1.29, 1.82) is 0 Å². The quantitative estimate of drug-likeness (QED) is 0.903. The first-order valence-corrected chi connectivity index (χ1v) is 6.97. The van der Waals surface area contributed by atoms with Crippen molar-refractivity contribution in [2.24, 2.45) is 0 Å². The van der Waals surface area contributed by atoms with Crippen LogP contribution < -0.4 is 10.6 Å². The molecule has 0 aliphatic rings. The molecular weight excluding hydrogens is 262 g/mol. The predicted octanol–water partition coefficient (Wildman–Crippen LogP) is 3.67. The van der Waals surface area contributed by atoms with E-state index in [0.717, 1.165) is 11.3 Å². The van der Waals surface area contributed by atoms with Gasteiger partial charge in [0.25, 0.3) is 5.91 Å². The van der Waals surface area contributed by atoms with E-state index in [1.165, 1.54) is 0 Å². The molecule has 4 heteroatoms. The third-order valence-electron chi connectivity index (χ3n) is 3.27. The van der Waals surface area contributed by atoms with Crippen LogP contribution in [-0.4, -0.2) is 17.9 Å². The van der Waals surface area contributed by atoms with Crippen LogP contribution in [0.25, 0.3) is 0 Å². The summed E-state index contributed by atoms with van der Waals surface area (Å²) in [5.74, 6) is 0.410. The lowest BCUT2D eigenvalue weighted by Crippen LogP contribution is -2.19. The number of rotatable bonds is 3. The summed E-state index contributed by atoms with van der Waals surface area (Å²) in [6, 6.07) is 11.4. The lowest BCUT2D eigenvalue weighted by atomic mass is 9.86. The number of anilines is 2. The first-order chi connectivity index (χ1) is 9.93. The number of pyridine rings is 1. The number of hydrogen-bond acceptors (Lipinski definition) is 3. The average molecular weight is 283 g/mol. The fraction of sp³-hybridized carbons (Fsp3) is 0.294. The van der Waals surface area contributed by atoms with Crippen molar-refractivity contribution >= 4 is 17.4 Å². The van der Waals surface area contributed by atoms with Crippen LogP contribution in [-0.2, 0) is 5.41 Å². The van der Waals surface area contributed by atoms with E-state index in [0.29, 0.717) is 11.4 Å². The Bertz CT molecular complexity index is 644. The highest BCUT2D eigenvalue weighted by Crippen LogP contribution is 2.29. The number of amides is 1. The van der Waals surface area contributed by atoms with E-state index >= 15 is 0 Å². The molecule has 0 atom stereocenters. The maximum Gasteiger partial charge on any atom is 0.259 e. The summed E-state index contributed by atoms with van der Waals surface area (Å²) >= 11 is 0. The normalized spacial score (nSPS) is 11.0. The highest BCUT2D eigenvalue weighted by molar-refractivity contribution is 6.07. The van der Waals surface area contributed by atoms with Gasteiger partial charge in [-0.1, -0.05) is 39.0 Å². The fourth-order valence-electron chi connectivity index (χ4n) is 2.22. The molecule has 2 aromatic rings. The zero-order valence-electron chi connectivity index (χ0n) is 12.9. The van der Waals surface area contributed by atoms with Crippen LogP contribution in [0.2, 0.25) is 0 Å². The maximum atomic E-state index is 12.5. The largest absolute Gasteiger partial charge is 0.372 e. The minimum Gasteiger partial charge on any atom is -0.372 e. The van der Waals surface area contributed by atoms with Gasteiger partial charge in [0.15, 0.2) is 0 Å². The van der Waals surface area contributed by atoms with Crippen molar-refractivity contribution in [2.75, 3.05) is 17.7 Å². The molecule has 0 saturated heterocycles. The second-order valence-corrected chi connectivity index (χ2v) is 5.90. The molecule has 0 radical (unpaired) electrons. The van der Waals surface area contributed by atoms with Crippen molar-refractivity contribution in [2.45, 2.75) is 26.2 Å². The van der Waals surface area contributed by atoms with Gasteiger partial charge in [-0.15, -0.1) is 0 Å². The van der Waals surface area contributed by atoms with E-state index < -0.39 is 0 Å². The Balaban J connectivity index is 2.33. The smallest absolute Gasteiger partial charge is 0.259 e. The molecule has 1 amide bonds. The van der Waals surface area contributed by atoms with Gasteiger partial charge in [0.05, 0.1) is 5.56 Å². The Morgan fingerprint density at radius 3 is 2.48 bits per heavy atom. The zero-order valence-corrected chi connectivity index (χ0v) is 12.9. The van der Waals surface area contributed by atoms with Crippen LogP contribution >= 0.6 is 0 Å². The summed E-state index contributed by atoms with van der Waals surface area (Å²) < 4.78 is 0. The van der Waals surface area contributed by atoms with Gasteiger partial charge < -0.3 is 10.6 Å². The molecule has 1 heterocycles. The van der Waals surface area contributed by atoms with Gasteiger partial charge in [-0.25, -0.2) is 4.98 Å². The van der Waals surface area contributed by atoms with Crippen molar-refractivity contribution in [1.82, 2.24) is 4.98 Å². The summed E-state index contributed by atoms with van der Waals surface area (Å²) in [7, 11) is 1.75. The summed E-state index contributed by atoms with van der Waals surface area (Å²) in [5, 5.41) is 5.92. The Hall–Kier alpha value is -2.36. The molecule has 2 N–H and O–H groups in total. The lowest BCUT2D eigenvalue weighted by Gasteiger charge is -2.23. The first-order valence-electron chi connectivity index (χ1n) is 6.97. The molecule has 21 heavy (non-hydrogen) atoms. The second kappa shape index (κ2) is 5.95. The van der Waals surface area contributed by atoms with Gasteiger partial charge in [-0.05, 0) is 29.2 Å². The first kappa shape index (κ1) is 15.0. The molecule has 0 fully saturated rings. The van der Waals surface area contributed by atoms with Crippen molar-refractivity contribution < 1.29 is 4.79 Å². The molecule has 1 aromatic carbocycles. The van der Waals surface area contributed by atoms with Crippen LogP contribution in [0.3, 0.4) is 0 Å². The summed E-state index contributed by atoms with van der Waals surface area (Å²) in [5.41, 5.74) is 2.43. The molecule has 0 aliphatic carbocycles. The number of para-hydroxylation sites is 1. The topological polar surface area (TPSA) is 54.0 Å². The zero-order chi connectivity index (χ0) is 15.5. The average Bonchev–Trinajstić information content (AvgIpc) is 2.46. The van der Waals surface area contributed by atoms with Gasteiger partial charge >= 0.3 is 0 Å². The minimum absolute atomic E-state index is 0.0371. The molecule has 0 unspecified atom stereocenters. The third kappa shape index (κ3) is 3.40. The monoisotopic (exact) mass is 283 g/mol. The number of nitrogens with one attached hydrogen (secondary N) is 2. The van der Waals surface area contributed by atoms with Crippen LogP contribution in [0.4, 0.5) is 11.5 Å². The molecule has 4 nitrogen and oxygen atoms in total. The van der Waals surface area contributed by atoms with E-state index in [1.807, 2.05) is 24.3 Å². The summed E-state index contributed by atoms with van der Waals surface area (Å²) in [6.07, 6.45) is 1.66. The van der Waals surface area contributed by atoms with Crippen molar-refractivity contribution in [3.8, 4) is 0 Å². The molecule has 0 aliphatic heterocycles. The standard InChI is InChI=1S/C17H21N3O/c1-17(2,3)13-9-5-6-10-14(13)20-16(21)12-8-7-11-19-15(12)18-4/h5-11H,1-4H3,(H,18,19)(H,20,21). The van der Waals surface area contributed by atoms with E-state index in [9.17, 15) is 4.79 Å². The summed E-state index contributed by atoms with van der Waals surface area (Å²) in [6.45, 7) is 6.38. The predicted molar refractivity (Wildman–Crippen MR) is 86.9 cm³/mol. The highest BCUT2D eigenvalue weighted by atomic mass is 16.1. The van der Waals surface area contributed by atoms with Gasteiger partial charge in [0.2, 0.25) is 0 Å². The fourth-order valence-corrected chi connectivity index (χ4v) is 2.22.